The SMILES string of the molecule is Cc1cc(C(=O)CSc2nnc(-c3cccs3)n2C)c(C)n1-c1cccc(F)c1. The molecule has 0 saturated carbocycles. The molecule has 148 valence electrons. The molecule has 3 heterocycles. The smallest absolute Gasteiger partial charge is 0.191 e. The van der Waals surface area contributed by atoms with Gasteiger partial charge < -0.3 is 9.13 Å². The van der Waals surface area contributed by atoms with Crippen molar-refractivity contribution in [2.24, 2.45) is 7.05 Å². The van der Waals surface area contributed by atoms with Gasteiger partial charge in [0.25, 0.3) is 0 Å². The van der Waals surface area contributed by atoms with Crippen LogP contribution in [0.15, 0.2) is 53.0 Å². The van der Waals surface area contributed by atoms with Gasteiger partial charge in [-0.3, -0.25) is 4.79 Å². The van der Waals surface area contributed by atoms with E-state index in [1.807, 2.05) is 59.7 Å². The lowest BCUT2D eigenvalue weighted by molar-refractivity contribution is 0.102. The first-order chi connectivity index (χ1) is 14.0. The van der Waals surface area contributed by atoms with E-state index in [1.54, 1.807) is 17.4 Å². The first kappa shape index (κ1) is 19.6. The summed E-state index contributed by atoms with van der Waals surface area (Å²) in [6.45, 7) is 3.80. The quantitative estimate of drug-likeness (QED) is 0.319. The molecule has 0 amide bonds. The highest BCUT2D eigenvalue weighted by Gasteiger charge is 2.19. The van der Waals surface area contributed by atoms with Crippen LogP contribution < -0.4 is 0 Å². The Morgan fingerprint density at radius 3 is 2.72 bits per heavy atom. The summed E-state index contributed by atoms with van der Waals surface area (Å²) in [4.78, 5) is 13.9. The predicted molar refractivity (Wildman–Crippen MR) is 115 cm³/mol. The summed E-state index contributed by atoms with van der Waals surface area (Å²) in [5.41, 5.74) is 3.04. The Morgan fingerprint density at radius 1 is 1.17 bits per heavy atom. The third-order valence-corrected chi connectivity index (χ3v) is 6.59. The summed E-state index contributed by atoms with van der Waals surface area (Å²) in [6.07, 6.45) is 0. The van der Waals surface area contributed by atoms with E-state index in [2.05, 4.69) is 10.2 Å². The van der Waals surface area contributed by atoms with Gasteiger partial charge in [0.05, 0.1) is 10.6 Å². The normalized spacial score (nSPS) is 11.2. The highest BCUT2D eigenvalue weighted by Crippen LogP contribution is 2.27. The lowest BCUT2D eigenvalue weighted by Crippen LogP contribution is -2.06. The molecule has 0 aliphatic rings. The van der Waals surface area contributed by atoms with Gasteiger partial charge in [0.1, 0.15) is 5.82 Å². The van der Waals surface area contributed by atoms with E-state index in [-0.39, 0.29) is 17.4 Å². The third kappa shape index (κ3) is 3.77. The van der Waals surface area contributed by atoms with Crippen LogP contribution in [0, 0.1) is 19.7 Å². The molecule has 0 spiro atoms. The van der Waals surface area contributed by atoms with Gasteiger partial charge in [0, 0.05) is 29.7 Å². The molecule has 8 heteroatoms. The van der Waals surface area contributed by atoms with Crippen LogP contribution in [0.3, 0.4) is 0 Å². The zero-order valence-corrected chi connectivity index (χ0v) is 17.9. The molecule has 0 radical (unpaired) electrons. The molecule has 0 N–H and O–H groups in total. The summed E-state index contributed by atoms with van der Waals surface area (Å²) >= 11 is 2.97. The van der Waals surface area contributed by atoms with E-state index in [9.17, 15) is 9.18 Å². The number of Topliss-reactive ketones (excluding diaryl/α,β-unsaturated/α-hetero) is 1. The van der Waals surface area contributed by atoms with Crippen molar-refractivity contribution in [3.63, 3.8) is 0 Å². The van der Waals surface area contributed by atoms with E-state index in [1.165, 1.54) is 23.9 Å². The number of halogens is 1. The molecule has 4 rings (SSSR count). The molecule has 5 nitrogen and oxygen atoms in total. The second kappa shape index (κ2) is 7.96. The number of rotatable bonds is 6. The van der Waals surface area contributed by atoms with Crippen LogP contribution >= 0.6 is 23.1 Å². The van der Waals surface area contributed by atoms with Crippen LogP contribution in [0.4, 0.5) is 4.39 Å². The Balaban J connectivity index is 1.54. The number of hydrogen-bond donors (Lipinski definition) is 0. The van der Waals surface area contributed by atoms with E-state index < -0.39 is 0 Å². The number of thioether (sulfide) groups is 1. The fraction of sp³-hybridized carbons (Fsp3) is 0.190. The van der Waals surface area contributed by atoms with Gasteiger partial charge in [-0.05, 0) is 49.6 Å². The first-order valence-corrected chi connectivity index (χ1v) is 10.9. The van der Waals surface area contributed by atoms with Crippen LogP contribution in [0.5, 0.6) is 0 Å². The molecule has 29 heavy (non-hydrogen) atoms. The summed E-state index contributed by atoms with van der Waals surface area (Å²) < 4.78 is 17.4. The maximum atomic E-state index is 13.6. The molecular weight excluding hydrogens is 407 g/mol. The third-order valence-electron chi connectivity index (χ3n) is 4.71. The van der Waals surface area contributed by atoms with E-state index in [0.29, 0.717) is 16.4 Å². The number of aromatic nitrogens is 4. The van der Waals surface area contributed by atoms with E-state index >= 15 is 0 Å². The standard InChI is InChI=1S/C21H19FN4OS2/c1-13-10-17(14(2)26(13)16-7-4-6-15(22)11-16)18(27)12-29-21-24-23-20(25(21)3)19-8-5-9-28-19/h4-11H,12H2,1-3H3. The number of hydrogen-bond acceptors (Lipinski definition) is 5. The minimum atomic E-state index is -0.303. The first-order valence-electron chi connectivity index (χ1n) is 9.00. The Labute approximate surface area is 176 Å². The van der Waals surface area contributed by atoms with Crippen molar-refractivity contribution >= 4 is 28.9 Å². The second-order valence-electron chi connectivity index (χ2n) is 6.65. The number of carbonyl (C=O) groups is 1. The number of ketones is 1. The Bertz CT molecular complexity index is 1180. The van der Waals surface area contributed by atoms with Crippen molar-refractivity contribution in [1.82, 2.24) is 19.3 Å². The van der Waals surface area contributed by atoms with E-state index in [4.69, 9.17) is 0 Å². The topological polar surface area (TPSA) is 52.7 Å². The lowest BCUT2D eigenvalue weighted by atomic mass is 10.2. The van der Waals surface area contributed by atoms with Crippen LogP contribution in [0.1, 0.15) is 21.7 Å². The molecule has 0 atom stereocenters. The summed E-state index contributed by atoms with van der Waals surface area (Å²) in [5.74, 6) is 0.747. The highest BCUT2D eigenvalue weighted by molar-refractivity contribution is 7.99. The van der Waals surface area contributed by atoms with Gasteiger partial charge in [0.2, 0.25) is 0 Å². The van der Waals surface area contributed by atoms with Gasteiger partial charge in [0.15, 0.2) is 16.8 Å². The van der Waals surface area contributed by atoms with Crippen molar-refractivity contribution in [2.45, 2.75) is 19.0 Å². The number of aryl methyl sites for hydroxylation is 1. The number of nitrogens with zero attached hydrogens (tertiary/aromatic N) is 4. The van der Waals surface area contributed by atoms with Crippen molar-refractivity contribution < 1.29 is 9.18 Å². The number of carbonyl (C=O) groups excluding carboxylic acids is 1. The molecule has 0 aliphatic heterocycles. The number of thiophene rings is 1. The zero-order valence-electron chi connectivity index (χ0n) is 16.2. The van der Waals surface area contributed by atoms with Crippen molar-refractivity contribution in [3.8, 4) is 16.4 Å². The van der Waals surface area contributed by atoms with Crippen LogP contribution in [-0.2, 0) is 7.05 Å². The maximum Gasteiger partial charge on any atom is 0.191 e. The fourth-order valence-corrected chi connectivity index (χ4v) is 4.86. The van der Waals surface area contributed by atoms with Gasteiger partial charge in [-0.25, -0.2) is 4.39 Å². The number of benzene rings is 1. The van der Waals surface area contributed by atoms with Crippen molar-refractivity contribution in [2.75, 3.05) is 5.75 Å². The maximum absolute atomic E-state index is 13.6. The predicted octanol–water partition coefficient (Wildman–Crippen LogP) is 5.07. The Hall–Kier alpha value is -2.71. The molecule has 0 fully saturated rings. The molecular formula is C21H19FN4OS2. The molecule has 0 unspecified atom stereocenters. The fourth-order valence-electron chi connectivity index (χ4n) is 3.33. The van der Waals surface area contributed by atoms with Gasteiger partial charge >= 0.3 is 0 Å². The second-order valence-corrected chi connectivity index (χ2v) is 8.54. The average molecular weight is 427 g/mol. The Kier molecular flexibility index (Phi) is 5.38. The minimum Gasteiger partial charge on any atom is -0.318 e. The summed E-state index contributed by atoms with van der Waals surface area (Å²) in [6, 6.07) is 12.2. The van der Waals surface area contributed by atoms with Crippen molar-refractivity contribution in [1.29, 1.82) is 0 Å². The monoisotopic (exact) mass is 426 g/mol. The molecule has 0 bridgehead atoms. The van der Waals surface area contributed by atoms with Crippen LogP contribution in [0.25, 0.3) is 16.4 Å². The van der Waals surface area contributed by atoms with Gasteiger partial charge in [-0.15, -0.1) is 21.5 Å². The lowest BCUT2D eigenvalue weighted by Gasteiger charge is -2.10. The largest absolute Gasteiger partial charge is 0.318 e. The molecule has 4 aromatic rings. The summed E-state index contributed by atoms with van der Waals surface area (Å²) in [7, 11) is 1.90. The van der Waals surface area contributed by atoms with Gasteiger partial charge in [-0.2, -0.15) is 0 Å². The molecule has 0 saturated heterocycles. The average Bonchev–Trinajstić information content (AvgIpc) is 3.40. The highest BCUT2D eigenvalue weighted by atomic mass is 32.2. The van der Waals surface area contributed by atoms with Crippen LogP contribution in [-0.4, -0.2) is 30.9 Å². The van der Waals surface area contributed by atoms with Gasteiger partial charge in [-0.1, -0.05) is 23.9 Å². The minimum absolute atomic E-state index is 0.00595. The molecule has 0 aliphatic carbocycles. The summed E-state index contributed by atoms with van der Waals surface area (Å²) in [5, 5.41) is 11.2. The molecule has 1 aromatic carbocycles. The van der Waals surface area contributed by atoms with Crippen molar-refractivity contribution in [3.05, 3.63) is 70.6 Å². The Morgan fingerprint density at radius 2 is 2.00 bits per heavy atom. The molecule has 3 aromatic heterocycles. The van der Waals surface area contributed by atoms with E-state index in [0.717, 1.165) is 22.1 Å². The zero-order chi connectivity index (χ0) is 20.5. The van der Waals surface area contributed by atoms with Crippen LogP contribution in [0.2, 0.25) is 0 Å².